The standard InChI is InChI=1S/C28H35N3O3/c1-28(2,3)31-24(17-21-9-11-22(12-10-21)23-13-15-30-16-14-23)19-25(32)26(34-27(29)33)18-20-7-5-4-6-8-20/h4-16,24-26,31-32H,17-19H2,1-3H3,(H2,29,33)/t24-,25-,26-/m0/s1. The number of carbonyl (C=O) groups is 1. The van der Waals surface area contributed by atoms with Crippen molar-refractivity contribution in [1.82, 2.24) is 10.3 Å². The van der Waals surface area contributed by atoms with Gasteiger partial charge in [-0.3, -0.25) is 4.98 Å². The summed E-state index contributed by atoms with van der Waals surface area (Å²) < 4.78 is 5.32. The number of hydrogen-bond donors (Lipinski definition) is 3. The van der Waals surface area contributed by atoms with E-state index in [9.17, 15) is 9.90 Å². The fourth-order valence-electron chi connectivity index (χ4n) is 4.16. The highest BCUT2D eigenvalue weighted by molar-refractivity contribution is 5.65. The molecule has 0 aliphatic rings. The molecule has 0 spiro atoms. The van der Waals surface area contributed by atoms with Crippen LogP contribution in [0.4, 0.5) is 4.79 Å². The summed E-state index contributed by atoms with van der Waals surface area (Å²) in [4.78, 5) is 15.6. The molecule has 180 valence electrons. The Morgan fingerprint density at radius 2 is 1.53 bits per heavy atom. The van der Waals surface area contributed by atoms with Gasteiger partial charge >= 0.3 is 6.09 Å². The minimum atomic E-state index is -0.882. The molecule has 1 heterocycles. The number of aromatic nitrogens is 1. The van der Waals surface area contributed by atoms with Gasteiger partial charge in [-0.05, 0) is 68.0 Å². The molecule has 1 amide bonds. The van der Waals surface area contributed by atoms with E-state index in [1.165, 1.54) is 0 Å². The van der Waals surface area contributed by atoms with Crippen LogP contribution in [0, 0.1) is 0 Å². The average molecular weight is 462 g/mol. The van der Waals surface area contributed by atoms with Crippen LogP contribution in [0.25, 0.3) is 11.1 Å². The Morgan fingerprint density at radius 3 is 2.12 bits per heavy atom. The van der Waals surface area contributed by atoms with E-state index in [4.69, 9.17) is 10.5 Å². The van der Waals surface area contributed by atoms with Crippen LogP contribution in [0.5, 0.6) is 0 Å². The van der Waals surface area contributed by atoms with Gasteiger partial charge in [-0.1, -0.05) is 54.6 Å². The molecule has 4 N–H and O–H groups in total. The van der Waals surface area contributed by atoms with Gasteiger partial charge in [-0.15, -0.1) is 0 Å². The molecule has 3 rings (SSSR count). The van der Waals surface area contributed by atoms with E-state index in [-0.39, 0.29) is 11.6 Å². The second-order valence-electron chi connectivity index (χ2n) is 9.70. The molecule has 0 aliphatic carbocycles. The second kappa shape index (κ2) is 11.8. The number of hydrogen-bond acceptors (Lipinski definition) is 5. The summed E-state index contributed by atoms with van der Waals surface area (Å²) in [5.41, 5.74) is 9.53. The first-order valence-electron chi connectivity index (χ1n) is 11.6. The number of carbonyl (C=O) groups excluding carboxylic acids is 1. The molecule has 0 saturated heterocycles. The van der Waals surface area contributed by atoms with Gasteiger partial charge in [0.1, 0.15) is 6.10 Å². The number of nitrogens with one attached hydrogen (secondary N) is 1. The molecule has 3 atom stereocenters. The normalized spacial score (nSPS) is 14.2. The van der Waals surface area contributed by atoms with Crippen molar-refractivity contribution in [2.45, 2.75) is 63.8 Å². The van der Waals surface area contributed by atoms with E-state index >= 15 is 0 Å². The highest BCUT2D eigenvalue weighted by atomic mass is 16.6. The first-order chi connectivity index (χ1) is 16.2. The first kappa shape index (κ1) is 25.4. The van der Waals surface area contributed by atoms with Gasteiger partial charge in [0, 0.05) is 30.4 Å². The van der Waals surface area contributed by atoms with Crippen LogP contribution < -0.4 is 11.1 Å². The summed E-state index contributed by atoms with van der Waals surface area (Å²) in [7, 11) is 0. The average Bonchev–Trinajstić information content (AvgIpc) is 2.79. The molecule has 0 aliphatic heterocycles. The summed E-state index contributed by atoms with van der Waals surface area (Å²) in [6, 6.07) is 22.0. The smallest absolute Gasteiger partial charge is 0.404 e. The van der Waals surface area contributed by atoms with E-state index in [1.54, 1.807) is 12.4 Å². The Labute approximate surface area is 202 Å². The summed E-state index contributed by atoms with van der Waals surface area (Å²) in [5, 5.41) is 14.7. The molecule has 0 unspecified atom stereocenters. The first-order valence-corrected chi connectivity index (χ1v) is 11.6. The molecule has 6 nitrogen and oxygen atoms in total. The molecule has 0 bridgehead atoms. The zero-order valence-electron chi connectivity index (χ0n) is 20.1. The van der Waals surface area contributed by atoms with Gasteiger partial charge in [0.15, 0.2) is 0 Å². The van der Waals surface area contributed by atoms with Crippen molar-refractivity contribution in [3.63, 3.8) is 0 Å². The van der Waals surface area contributed by atoms with E-state index in [0.29, 0.717) is 12.8 Å². The van der Waals surface area contributed by atoms with Gasteiger partial charge in [-0.2, -0.15) is 0 Å². The molecule has 3 aromatic rings. The fourth-order valence-corrected chi connectivity index (χ4v) is 4.16. The van der Waals surface area contributed by atoms with E-state index in [0.717, 1.165) is 28.7 Å². The topological polar surface area (TPSA) is 97.5 Å². The molecule has 34 heavy (non-hydrogen) atoms. The summed E-state index contributed by atoms with van der Waals surface area (Å²) >= 11 is 0. The highest BCUT2D eigenvalue weighted by Gasteiger charge is 2.28. The maximum atomic E-state index is 11.5. The number of ether oxygens (including phenoxy) is 1. The maximum absolute atomic E-state index is 11.5. The number of pyridine rings is 1. The van der Waals surface area contributed by atoms with Gasteiger partial charge in [0.2, 0.25) is 0 Å². The Bertz CT molecular complexity index is 1020. The van der Waals surface area contributed by atoms with Crippen LogP contribution in [0.15, 0.2) is 79.1 Å². The van der Waals surface area contributed by atoms with Crippen molar-refractivity contribution >= 4 is 6.09 Å². The summed E-state index contributed by atoms with van der Waals surface area (Å²) in [5.74, 6) is 0. The van der Waals surface area contributed by atoms with Crippen LogP contribution in [0.1, 0.15) is 38.3 Å². The fraction of sp³-hybridized carbons (Fsp3) is 0.357. The Kier molecular flexibility index (Phi) is 8.79. The molecule has 0 fully saturated rings. The molecule has 2 aromatic carbocycles. The second-order valence-corrected chi connectivity index (χ2v) is 9.70. The largest absolute Gasteiger partial charge is 0.443 e. The lowest BCUT2D eigenvalue weighted by atomic mass is 9.93. The number of primary amides is 1. The molecular formula is C28H35N3O3. The lowest BCUT2D eigenvalue weighted by Gasteiger charge is -2.32. The summed E-state index contributed by atoms with van der Waals surface area (Å²) in [6.45, 7) is 6.29. The van der Waals surface area contributed by atoms with Gasteiger partial charge in [0.25, 0.3) is 0 Å². The van der Waals surface area contributed by atoms with E-state index in [2.05, 4.69) is 55.3 Å². The number of aliphatic hydroxyl groups is 1. The van der Waals surface area contributed by atoms with E-state index in [1.807, 2.05) is 42.5 Å². The van der Waals surface area contributed by atoms with Crippen LogP contribution in [0.2, 0.25) is 0 Å². The Hall–Kier alpha value is -3.22. The van der Waals surface area contributed by atoms with Gasteiger partial charge < -0.3 is 20.9 Å². The monoisotopic (exact) mass is 461 g/mol. The lowest BCUT2D eigenvalue weighted by Crippen LogP contribution is -2.48. The quantitative estimate of drug-likeness (QED) is 0.413. The minimum Gasteiger partial charge on any atom is -0.443 e. The third-order valence-electron chi connectivity index (χ3n) is 5.59. The van der Waals surface area contributed by atoms with Crippen LogP contribution in [-0.4, -0.2) is 40.0 Å². The molecule has 6 heteroatoms. The predicted molar refractivity (Wildman–Crippen MR) is 135 cm³/mol. The predicted octanol–water partition coefficient (Wildman–Crippen LogP) is 4.51. The van der Waals surface area contributed by atoms with Crippen LogP contribution >= 0.6 is 0 Å². The van der Waals surface area contributed by atoms with Crippen LogP contribution in [0.3, 0.4) is 0 Å². The SMILES string of the molecule is CC(C)(C)N[C@@H](Cc1ccc(-c2ccncc2)cc1)C[C@H](O)[C@H](Cc1ccccc1)OC(N)=O. The number of benzene rings is 2. The van der Waals surface area contributed by atoms with Gasteiger partial charge in [-0.25, -0.2) is 4.79 Å². The Balaban J connectivity index is 1.73. The Morgan fingerprint density at radius 1 is 0.941 bits per heavy atom. The zero-order chi connectivity index (χ0) is 24.6. The third-order valence-corrected chi connectivity index (χ3v) is 5.59. The third kappa shape index (κ3) is 8.28. The maximum Gasteiger partial charge on any atom is 0.404 e. The minimum absolute atomic E-state index is 0.0310. The molecule has 0 saturated carbocycles. The highest BCUT2D eigenvalue weighted by Crippen LogP contribution is 2.21. The number of rotatable bonds is 10. The zero-order valence-corrected chi connectivity index (χ0v) is 20.1. The number of nitrogens with two attached hydrogens (primary N) is 1. The molecule has 0 radical (unpaired) electrons. The molecule has 1 aromatic heterocycles. The van der Waals surface area contributed by atoms with Crippen molar-refractivity contribution < 1.29 is 14.6 Å². The van der Waals surface area contributed by atoms with Gasteiger partial charge in [0.05, 0.1) is 6.10 Å². The lowest BCUT2D eigenvalue weighted by molar-refractivity contribution is -0.00340. The number of amides is 1. The van der Waals surface area contributed by atoms with Crippen molar-refractivity contribution in [3.8, 4) is 11.1 Å². The molecular weight excluding hydrogens is 426 g/mol. The van der Waals surface area contributed by atoms with Crippen molar-refractivity contribution in [3.05, 3.63) is 90.3 Å². The number of aliphatic hydroxyl groups excluding tert-OH is 1. The number of nitrogens with zero attached hydrogens (tertiary/aromatic N) is 1. The van der Waals surface area contributed by atoms with Crippen LogP contribution in [-0.2, 0) is 17.6 Å². The van der Waals surface area contributed by atoms with Crippen molar-refractivity contribution in [2.75, 3.05) is 0 Å². The van der Waals surface area contributed by atoms with Crippen molar-refractivity contribution in [1.29, 1.82) is 0 Å². The van der Waals surface area contributed by atoms with Crippen molar-refractivity contribution in [2.24, 2.45) is 5.73 Å². The van der Waals surface area contributed by atoms with E-state index < -0.39 is 18.3 Å². The summed E-state index contributed by atoms with van der Waals surface area (Å²) in [6.07, 6.45) is 2.62.